The molecule has 0 atom stereocenters. The molecule has 0 radical (unpaired) electrons. The van der Waals surface area contributed by atoms with Gasteiger partial charge in [0.1, 0.15) is 0 Å². The van der Waals surface area contributed by atoms with Gasteiger partial charge in [0.25, 0.3) is 0 Å². The van der Waals surface area contributed by atoms with Crippen LogP contribution in [0.2, 0.25) is 0 Å². The fraction of sp³-hybridized carbons (Fsp3) is 0.417. The number of anilines is 1. The van der Waals surface area contributed by atoms with Gasteiger partial charge < -0.3 is 10.7 Å². The van der Waals surface area contributed by atoms with Crippen molar-refractivity contribution in [1.82, 2.24) is 0 Å². The third-order valence-corrected chi connectivity index (χ3v) is 2.85. The van der Waals surface area contributed by atoms with E-state index in [0.717, 1.165) is 18.7 Å². The average molecular weight is 203 g/mol. The van der Waals surface area contributed by atoms with Crippen molar-refractivity contribution in [3.05, 3.63) is 29.8 Å². The fourth-order valence-electron chi connectivity index (χ4n) is 2.10. The van der Waals surface area contributed by atoms with Crippen molar-refractivity contribution in [2.45, 2.75) is 19.3 Å². The molecule has 15 heavy (non-hydrogen) atoms. The smallest absolute Gasteiger partial charge is 0.0558 e. The lowest BCUT2D eigenvalue weighted by Crippen LogP contribution is -2.30. The fourth-order valence-corrected chi connectivity index (χ4v) is 2.10. The summed E-state index contributed by atoms with van der Waals surface area (Å²) in [6, 6.07) is 8.28. The number of benzene rings is 1. The van der Waals surface area contributed by atoms with Gasteiger partial charge in [-0.25, -0.2) is 0 Å². The van der Waals surface area contributed by atoms with E-state index >= 15 is 0 Å². The molecule has 1 aromatic rings. The normalized spacial score (nSPS) is 17.2. The Hall–Kier alpha value is -1.51. The van der Waals surface area contributed by atoms with E-state index < -0.39 is 0 Å². The zero-order valence-corrected chi connectivity index (χ0v) is 8.89. The lowest BCUT2D eigenvalue weighted by atomic mass is 10.1. The third-order valence-electron chi connectivity index (χ3n) is 2.85. The Labute approximate surface area is 90.6 Å². The van der Waals surface area contributed by atoms with Crippen LogP contribution in [-0.2, 0) is 0 Å². The molecule has 0 bridgehead atoms. The van der Waals surface area contributed by atoms with Crippen LogP contribution in [-0.4, -0.2) is 19.3 Å². The summed E-state index contributed by atoms with van der Waals surface area (Å²) in [6.45, 7) is 2.30. The summed E-state index contributed by atoms with van der Waals surface area (Å²) >= 11 is 0. The van der Waals surface area contributed by atoms with Crippen LogP contribution >= 0.6 is 0 Å². The predicted octanol–water partition coefficient (Wildman–Crippen LogP) is 1.97. The third kappa shape index (κ3) is 2.29. The summed E-state index contributed by atoms with van der Waals surface area (Å²) < 4.78 is 0. The van der Waals surface area contributed by atoms with Crippen LogP contribution in [0.25, 0.3) is 0 Å². The highest BCUT2D eigenvalue weighted by Gasteiger charge is 2.12. The number of nitrogens with two attached hydrogens (primary N) is 1. The SMILES string of the molecule is NN=Cc1ccccc1N1CCCCC1. The maximum atomic E-state index is 5.21. The van der Waals surface area contributed by atoms with E-state index in [2.05, 4.69) is 28.2 Å². The van der Waals surface area contributed by atoms with E-state index in [9.17, 15) is 0 Å². The van der Waals surface area contributed by atoms with Gasteiger partial charge in [0.2, 0.25) is 0 Å². The molecule has 1 aliphatic heterocycles. The Bertz CT molecular complexity index is 340. The highest BCUT2D eigenvalue weighted by Crippen LogP contribution is 2.22. The van der Waals surface area contributed by atoms with Crippen molar-refractivity contribution in [3.8, 4) is 0 Å². The van der Waals surface area contributed by atoms with E-state index in [1.165, 1.54) is 24.9 Å². The van der Waals surface area contributed by atoms with Gasteiger partial charge in [0, 0.05) is 24.3 Å². The van der Waals surface area contributed by atoms with Crippen LogP contribution < -0.4 is 10.7 Å². The summed E-state index contributed by atoms with van der Waals surface area (Å²) in [7, 11) is 0. The molecule has 2 N–H and O–H groups in total. The predicted molar refractivity (Wildman–Crippen MR) is 64.3 cm³/mol. The Balaban J connectivity index is 2.25. The van der Waals surface area contributed by atoms with Gasteiger partial charge in [-0.2, -0.15) is 5.10 Å². The second-order valence-electron chi connectivity index (χ2n) is 3.88. The van der Waals surface area contributed by atoms with Gasteiger partial charge in [0.15, 0.2) is 0 Å². The van der Waals surface area contributed by atoms with Gasteiger partial charge in [-0.15, -0.1) is 0 Å². The molecular weight excluding hydrogens is 186 g/mol. The van der Waals surface area contributed by atoms with Gasteiger partial charge in [-0.1, -0.05) is 18.2 Å². The van der Waals surface area contributed by atoms with Crippen molar-refractivity contribution < 1.29 is 0 Å². The largest absolute Gasteiger partial charge is 0.371 e. The number of hydrogen-bond donors (Lipinski definition) is 1. The second-order valence-corrected chi connectivity index (χ2v) is 3.88. The first-order chi connectivity index (χ1) is 7.42. The molecule has 0 aliphatic carbocycles. The van der Waals surface area contributed by atoms with Crippen molar-refractivity contribution in [2.75, 3.05) is 18.0 Å². The minimum atomic E-state index is 1.11. The molecule has 2 rings (SSSR count). The van der Waals surface area contributed by atoms with Crippen LogP contribution in [0, 0.1) is 0 Å². The molecule has 0 unspecified atom stereocenters. The second kappa shape index (κ2) is 4.82. The van der Waals surface area contributed by atoms with E-state index in [-0.39, 0.29) is 0 Å². The first kappa shape index (κ1) is 10.0. The lowest BCUT2D eigenvalue weighted by molar-refractivity contribution is 0.578. The molecule has 1 aromatic carbocycles. The molecular formula is C12H17N3. The number of rotatable bonds is 2. The summed E-state index contributed by atoms with van der Waals surface area (Å²) in [5.41, 5.74) is 2.37. The molecule has 0 spiro atoms. The zero-order chi connectivity index (χ0) is 10.5. The van der Waals surface area contributed by atoms with Crippen molar-refractivity contribution in [2.24, 2.45) is 10.9 Å². The highest BCUT2D eigenvalue weighted by molar-refractivity contribution is 5.87. The minimum Gasteiger partial charge on any atom is -0.371 e. The molecule has 1 heterocycles. The molecule has 0 amide bonds. The maximum absolute atomic E-state index is 5.21. The minimum absolute atomic E-state index is 1.11. The zero-order valence-electron chi connectivity index (χ0n) is 8.89. The maximum Gasteiger partial charge on any atom is 0.0558 e. The van der Waals surface area contributed by atoms with Gasteiger partial charge >= 0.3 is 0 Å². The van der Waals surface area contributed by atoms with Crippen LogP contribution in [0.4, 0.5) is 5.69 Å². The van der Waals surface area contributed by atoms with Gasteiger partial charge in [-0.3, -0.25) is 0 Å². The molecule has 1 aliphatic rings. The van der Waals surface area contributed by atoms with Crippen molar-refractivity contribution >= 4 is 11.9 Å². The van der Waals surface area contributed by atoms with Crippen molar-refractivity contribution in [3.63, 3.8) is 0 Å². The summed E-state index contributed by atoms with van der Waals surface area (Å²) in [4.78, 5) is 2.42. The summed E-state index contributed by atoms with van der Waals surface area (Å²) in [5, 5.41) is 3.61. The van der Waals surface area contributed by atoms with Crippen LogP contribution in [0.5, 0.6) is 0 Å². The molecule has 1 fully saturated rings. The van der Waals surface area contributed by atoms with Crippen LogP contribution in [0.15, 0.2) is 29.4 Å². The summed E-state index contributed by atoms with van der Waals surface area (Å²) in [6.07, 6.45) is 5.65. The monoisotopic (exact) mass is 203 g/mol. The topological polar surface area (TPSA) is 41.6 Å². The van der Waals surface area contributed by atoms with E-state index in [1.807, 2.05) is 6.07 Å². The Kier molecular flexibility index (Phi) is 3.22. The Morgan fingerprint density at radius 1 is 1.13 bits per heavy atom. The van der Waals surface area contributed by atoms with Crippen molar-refractivity contribution in [1.29, 1.82) is 0 Å². The van der Waals surface area contributed by atoms with Crippen LogP contribution in [0.1, 0.15) is 24.8 Å². The Morgan fingerprint density at radius 2 is 1.87 bits per heavy atom. The molecule has 3 nitrogen and oxygen atoms in total. The first-order valence-electron chi connectivity index (χ1n) is 5.49. The van der Waals surface area contributed by atoms with Gasteiger partial charge in [-0.05, 0) is 25.3 Å². The van der Waals surface area contributed by atoms with E-state index in [0.29, 0.717) is 0 Å². The van der Waals surface area contributed by atoms with Gasteiger partial charge in [0.05, 0.1) is 6.21 Å². The summed E-state index contributed by atoms with van der Waals surface area (Å²) in [5.74, 6) is 5.21. The Morgan fingerprint density at radius 3 is 2.60 bits per heavy atom. The number of hydrazone groups is 1. The number of piperidine rings is 1. The molecule has 80 valence electrons. The van der Waals surface area contributed by atoms with E-state index in [4.69, 9.17) is 5.84 Å². The molecule has 1 saturated heterocycles. The lowest BCUT2D eigenvalue weighted by Gasteiger charge is -2.29. The number of para-hydroxylation sites is 1. The first-order valence-corrected chi connectivity index (χ1v) is 5.49. The number of hydrogen-bond acceptors (Lipinski definition) is 3. The molecule has 0 saturated carbocycles. The highest BCUT2D eigenvalue weighted by atomic mass is 15.1. The number of nitrogens with zero attached hydrogens (tertiary/aromatic N) is 2. The molecule has 0 aromatic heterocycles. The quantitative estimate of drug-likeness (QED) is 0.453. The standard InChI is InChI=1S/C12H17N3/c13-14-10-11-6-2-3-7-12(11)15-8-4-1-5-9-15/h2-3,6-7,10H,1,4-5,8-9,13H2. The molecule has 3 heteroatoms. The van der Waals surface area contributed by atoms with E-state index in [1.54, 1.807) is 6.21 Å². The average Bonchev–Trinajstić information content (AvgIpc) is 2.31. The van der Waals surface area contributed by atoms with Crippen LogP contribution in [0.3, 0.4) is 0 Å².